The van der Waals surface area contributed by atoms with E-state index in [1.54, 1.807) is 0 Å². The van der Waals surface area contributed by atoms with Crippen LogP contribution in [0.15, 0.2) is 85.1 Å². The normalized spacial score (nSPS) is 14.1. The van der Waals surface area contributed by atoms with Crippen LogP contribution in [0.1, 0.15) is 207 Å². The average Bonchev–Trinajstić information content (AvgIpc) is 3.22. The zero-order valence-corrected chi connectivity index (χ0v) is 37.6. The standard InChI is InChI=1S/C52H89NO5/c1-4-7-10-13-16-19-22-23-24-25-26-27-28-29-30-33-36-39-42-45-52(57)58-48(43-40-37-34-31-20-17-14-11-8-5-2)46-51(56)53-49(47-54)50(55)44-41-38-35-32-21-18-15-12-9-6-3/h7,10,16-17,19-20,23-24,26-27,29-30,36,39,48-50,54-55H,4-6,8-9,11-15,18,21-22,25,28,31-35,37-38,40-47H2,1-3H3,(H,53,56)/b10-7-,19-16-,20-17-,24-23-,27-26-,30-29-,39-36-. The monoisotopic (exact) mass is 808 g/mol. The minimum Gasteiger partial charge on any atom is -0.462 e. The zero-order valence-electron chi connectivity index (χ0n) is 37.6. The third-order valence-electron chi connectivity index (χ3n) is 10.2. The van der Waals surface area contributed by atoms with E-state index in [9.17, 15) is 19.8 Å². The minimum atomic E-state index is -0.805. The van der Waals surface area contributed by atoms with Gasteiger partial charge in [-0.3, -0.25) is 9.59 Å². The number of hydrogen-bond donors (Lipinski definition) is 3. The van der Waals surface area contributed by atoms with Gasteiger partial charge in [-0.2, -0.15) is 0 Å². The van der Waals surface area contributed by atoms with Crippen molar-refractivity contribution in [2.45, 2.75) is 225 Å². The van der Waals surface area contributed by atoms with Crippen LogP contribution in [-0.4, -0.2) is 46.9 Å². The molecule has 58 heavy (non-hydrogen) atoms. The predicted molar refractivity (Wildman–Crippen MR) is 250 cm³/mol. The molecule has 0 heterocycles. The Bertz CT molecular complexity index is 1130. The van der Waals surface area contributed by atoms with Crippen molar-refractivity contribution < 1.29 is 24.5 Å². The molecule has 0 radical (unpaired) electrons. The summed E-state index contributed by atoms with van der Waals surface area (Å²) in [4.78, 5) is 26.0. The van der Waals surface area contributed by atoms with Gasteiger partial charge in [0.1, 0.15) is 6.10 Å². The zero-order chi connectivity index (χ0) is 42.4. The van der Waals surface area contributed by atoms with Crippen LogP contribution in [0.25, 0.3) is 0 Å². The molecular weight excluding hydrogens is 719 g/mol. The third-order valence-corrected chi connectivity index (χ3v) is 10.2. The molecule has 3 N–H and O–H groups in total. The topological polar surface area (TPSA) is 95.9 Å². The highest BCUT2D eigenvalue weighted by Gasteiger charge is 2.24. The molecule has 6 heteroatoms. The maximum Gasteiger partial charge on any atom is 0.306 e. The second-order valence-corrected chi connectivity index (χ2v) is 15.8. The van der Waals surface area contributed by atoms with E-state index in [1.807, 2.05) is 6.08 Å². The van der Waals surface area contributed by atoms with Crippen molar-refractivity contribution in [1.29, 1.82) is 0 Å². The number of carbonyl (C=O) groups is 2. The Morgan fingerprint density at radius 2 is 0.931 bits per heavy atom. The SMILES string of the molecule is CC/C=C\C/C=C\C/C=C\C/C=C\C/C=C\C/C=C\CCC(=O)OC(CCCCC/C=C\CCCCC)CC(=O)NC(CO)C(O)CCCCCCCCCCCC. The van der Waals surface area contributed by atoms with Gasteiger partial charge in [-0.25, -0.2) is 0 Å². The summed E-state index contributed by atoms with van der Waals surface area (Å²) < 4.78 is 5.85. The molecule has 0 aliphatic heterocycles. The summed E-state index contributed by atoms with van der Waals surface area (Å²) >= 11 is 0. The Labute approximate surface area is 357 Å². The van der Waals surface area contributed by atoms with Crippen LogP contribution >= 0.6 is 0 Å². The maximum atomic E-state index is 13.1. The fraction of sp³-hybridized carbons (Fsp3) is 0.692. The Kier molecular flexibility index (Phi) is 42.8. The number of esters is 1. The summed E-state index contributed by atoms with van der Waals surface area (Å²) in [6.45, 7) is 6.29. The first kappa shape index (κ1) is 55.0. The summed E-state index contributed by atoms with van der Waals surface area (Å²) in [5, 5.41) is 23.6. The van der Waals surface area contributed by atoms with Crippen molar-refractivity contribution >= 4 is 11.9 Å². The molecule has 0 bridgehead atoms. The number of aliphatic hydroxyl groups excluding tert-OH is 2. The summed E-state index contributed by atoms with van der Waals surface area (Å²) in [5.41, 5.74) is 0. The van der Waals surface area contributed by atoms with Crippen LogP contribution < -0.4 is 5.32 Å². The first-order chi connectivity index (χ1) is 28.5. The largest absolute Gasteiger partial charge is 0.462 e. The Hall–Kier alpha value is -2.96. The molecule has 0 aromatic rings. The third kappa shape index (κ3) is 39.8. The van der Waals surface area contributed by atoms with E-state index in [-0.39, 0.29) is 31.3 Å². The van der Waals surface area contributed by atoms with Crippen LogP contribution in [0.2, 0.25) is 0 Å². The van der Waals surface area contributed by atoms with Gasteiger partial charge in [0, 0.05) is 6.42 Å². The van der Waals surface area contributed by atoms with E-state index < -0.39 is 18.2 Å². The number of aliphatic hydroxyl groups is 2. The smallest absolute Gasteiger partial charge is 0.306 e. The van der Waals surface area contributed by atoms with Crippen LogP contribution in [0.3, 0.4) is 0 Å². The van der Waals surface area contributed by atoms with Gasteiger partial charge < -0.3 is 20.3 Å². The number of hydrogen-bond acceptors (Lipinski definition) is 5. The molecule has 3 unspecified atom stereocenters. The van der Waals surface area contributed by atoms with Crippen LogP contribution in [-0.2, 0) is 14.3 Å². The Morgan fingerprint density at radius 3 is 1.45 bits per heavy atom. The van der Waals surface area contributed by atoms with Crippen molar-refractivity contribution in [2.24, 2.45) is 0 Å². The number of unbranched alkanes of at least 4 members (excludes halogenated alkanes) is 15. The summed E-state index contributed by atoms with van der Waals surface area (Å²) in [7, 11) is 0. The number of ether oxygens (including phenoxy) is 1. The first-order valence-corrected chi connectivity index (χ1v) is 23.8. The second-order valence-electron chi connectivity index (χ2n) is 15.8. The maximum absolute atomic E-state index is 13.1. The highest BCUT2D eigenvalue weighted by atomic mass is 16.5. The molecule has 1 amide bonds. The lowest BCUT2D eigenvalue weighted by atomic mass is 10.0. The molecule has 0 saturated heterocycles. The average molecular weight is 808 g/mol. The lowest BCUT2D eigenvalue weighted by Gasteiger charge is -2.24. The summed E-state index contributed by atoms with van der Waals surface area (Å²) in [6, 6.07) is -0.723. The molecule has 0 saturated carbocycles. The van der Waals surface area contributed by atoms with E-state index in [0.29, 0.717) is 19.3 Å². The Morgan fingerprint density at radius 1 is 0.517 bits per heavy atom. The molecule has 0 aliphatic carbocycles. The van der Waals surface area contributed by atoms with Gasteiger partial charge in [0.2, 0.25) is 5.91 Å². The van der Waals surface area contributed by atoms with Crippen molar-refractivity contribution in [3.63, 3.8) is 0 Å². The van der Waals surface area contributed by atoms with E-state index >= 15 is 0 Å². The van der Waals surface area contributed by atoms with Gasteiger partial charge >= 0.3 is 5.97 Å². The Balaban J connectivity index is 4.68. The second kappa shape index (κ2) is 45.1. The van der Waals surface area contributed by atoms with Crippen molar-refractivity contribution in [3.05, 3.63) is 85.1 Å². The summed E-state index contributed by atoms with van der Waals surface area (Å²) in [6.07, 6.45) is 58.0. The van der Waals surface area contributed by atoms with Crippen LogP contribution in [0.4, 0.5) is 0 Å². The van der Waals surface area contributed by atoms with E-state index in [0.717, 1.165) is 89.9 Å². The molecule has 6 nitrogen and oxygen atoms in total. The fourth-order valence-corrected chi connectivity index (χ4v) is 6.63. The molecule has 332 valence electrons. The number of amides is 1. The quantitative estimate of drug-likeness (QED) is 0.0325. The van der Waals surface area contributed by atoms with Gasteiger partial charge in [-0.15, -0.1) is 0 Å². The molecule has 3 atom stereocenters. The molecular formula is C52H89NO5. The number of nitrogens with one attached hydrogen (secondary N) is 1. The summed E-state index contributed by atoms with van der Waals surface area (Å²) in [5.74, 6) is -0.599. The van der Waals surface area contributed by atoms with E-state index in [1.165, 1.54) is 64.2 Å². The van der Waals surface area contributed by atoms with E-state index in [2.05, 4.69) is 105 Å². The van der Waals surface area contributed by atoms with E-state index in [4.69, 9.17) is 4.74 Å². The lowest BCUT2D eigenvalue weighted by molar-refractivity contribution is -0.150. The number of carbonyl (C=O) groups excluding carboxylic acids is 2. The number of allylic oxidation sites excluding steroid dienone is 14. The highest BCUT2D eigenvalue weighted by molar-refractivity contribution is 5.77. The highest BCUT2D eigenvalue weighted by Crippen LogP contribution is 2.16. The minimum absolute atomic E-state index is 0.0322. The first-order valence-electron chi connectivity index (χ1n) is 23.8. The fourth-order valence-electron chi connectivity index (χ4n) is 6.63. The van der Waals surface area contributed by atoms with Crippen molar-refractivity contribution in [2.75, 3.05) is 6.61 Å². The van der Waals surface area contributed by atoms with Gasteiger partial charge in [0.05, 0.1) is 25.2 Å². The molecule has 0 aliphatic rings. The molecule has 0 aromatic carbocycles. The predicted octanol–water partition coefficient (Wildman–Crippen LogP) is 14.0. The van der Waals surface area contributed by atoms with Crippen molar-refractivity contribution in [1.82, 2.24) is 5.32 Å². The molecule has 0 fully saturated rings. The van der Waals surface area contributed by atoms with Gasteiger partial charge in [-0.05, 0) is 89.9 Å². The van der Waals surface area contributed by atoms with Gasteiger partial charge in [0.25, 0.3) is 0 Å². The lowest BCUT2D eigenvalue weighted by Crippen LogP contribution is -2.46. The van der Waals surface area contributed by atoms with Gasteiger partial charge in [-0.1, -0.05) is 189 Å². The van der Waals surface area contributed by atoms with Crippen LogP contribution in [0, 0.1) is 0 Å². The van der Waals surface area contributed by atoms with Crippen LogP contribution in [0.5, 0.6) is 0 Å². The molecule has 0 spiro atoms. The molecule has 0 rings (SSSR count). The number of rotatable bonds is 41. The molecule has 0 aromatic heterocycles. The van der Waals surface area contributed by atoms with Gasteiger partial charge in [0.15, 0.2) is 0 Å². The van der Waals surface area contributed by atoms with Crippen molar-refractivity contribution in [3.8, 4) is 0 Å².